The summed E-state index contributed by atoms with van der Waals surface area (Å²) in [5.41, 5.74) is 8.07. The van der Waals surface area contributed by atoms with Gasteiger partial charge in [-0.2, -0.15) is 5.10 Å². The quantitative estimate of drug-likeness (QED) is 0.169. The molecule has 5 amide bonds. The summed E-state index contributed by atoms with van der Waals surface area (Å²) in [5, 5.41) is 12.2. The molecule has 4 saturated heterocycles. The van der Waals surface area contributed by atoms with Crippen molar-refractivity contribution < 1.29 is 42.0 Å². The number of benzene rings is 1. The maximum atomic E-state index is 15.4. The molecule has 1 aliphatic carbocycles. The Balaban J connectivity index is 0.671. The predicted octanol–water partition coefficient (Wildman–Crippen LogP) is 4.91. The summed E-state index contributed by atoms with van der Waals surface area (Å²) in [5.74, 6) is 0.177. The first-order chi connectivity index (χ1) is 33.9. The van der Waals surface area contributed by atoms with Gasteiger partial charge in [0.2, 0.25) is 5.91 Å². The Labute approximate surface area is 408 Å². The van der Waals surface area contributed by atoms with Crippen LogP contribution < -0.4 is 20.7 Å². The summed E-state index contributed by atoms with van der Waals surface area (Å²) in [6.45, 7) is 13.8. The minimum atomic E-state index is -0.692. The zero-order chi connectivity index (χ0) is 49.9. The first-order valence-electron chi connectivity index (χ1n) is 24.2. The molecule has 3 N–H and O–H groups in total. The number of halogens is 2. The summed E-state index contributed by atoms with van der Waals surface area (Å²) >= 11 is 0. The van der Waals surface area contributed by atoms with Crippen molar-refractivity contribution in [1.29, 1.82) is 0 Å². The molecule has 4 aromatic heterocycles. The van der Waals surface area contributed by atoms with Crippen molar-refractivity contribution in [2.24, 2.45) is 5.92 Å². The van der Waals surface area contributed by atoms with Gasteiger partial charge in [-0.15, -0.1) is 0 Å². The summed E-state index contributed by atoms with van der Waals surface area (Å²) in [4.78, 5) is 76.4. The molecule has 4 aliphatic heterocycles. The molecule has 5 fully saturated rings. The number of urea groups is 1. The lowest BCUT2D eigenvalue weighted by atomic mass is 9.78. The Hall–Kier alpha value is -7.04. The fourth-order valence-corrected chi connectivity index (χ4v) is 10.2. The number of nitrogens with two attached hydrogens (primary N) is 1. The molecule has 0 bridgehead atoms. The topological polar surface area (TPSA) is 236 Å². The van der Waals surface area contributed by atoms with Gasteiger partial charge < -0.3 is 39.3 Å². The maximum Gasteiger partial charge on any atom is 0.410 e. The minimum Gasteiger partial charge on any atom is -0.483 e. The molecule has 21 nitrogen and oxygen atoms in total. The molecule has 8 heterocycles. The average molecular weight is 981 g/mol. The van der Waals surface area contributed by atoms with E-state index in [2.05, 4.69) is 49.2 Å². The molecule has 376 valence electrons. The first-order valence-corrected chi connectivity index (χ1v) is 24.2. The highest BCUT2D eigenvalue weighted by atomic mass is 19.1. The van der Waals surface area contributed by atoms with Crippen molar-refractivity contribution in [3.63, 3.8) is 0 Å². The summed E-state index contributed by atoms with van der Waals surface area (Å²) in [6, 6.07) is 1.93. The number of nitrogen functional groups attached to an aromatic ring is 1. The van der Waals surface area contributed by atoms with Crippen LogP contribution in [0.3, 0.4) is 0 Å². The van der Waals surface area contributed by atoms with E-state index in [1.54, 1.807) is 26.9 Å². The molecule has 23 heteroatoms. The average Bonchev–Trinajstić information content (AvgIpc) is 3.94. The van der Waals surface area contributed by atoms with Crippen LogP contribution >= 0.6 is 0 Å². The number of amides is 5. The SMILES string of the molecule is CC(C)(C1CCN(C(=O)COC(=O)N2CC(Oc3cnc(-c4c(-c5nn(C(C)(C)C)c6ncnc(N)c56)noc4C4CC4)nc3)C2)CC1)N1CCN(c2c(F)cc(CN3CCC(=O)NC3=O)cc2F)CC1. The van der Waals surface area contributed by atoms with E-state index in [4.69, 9.17) is 24.8 Å². The third-order valence-electron chi connectivity index (χ3n) is 14.5. The van der Waals surface area contributed by atoms with Crippen molar-refractivity contribution in [3.05, 3.63) is 53.8 Å². The van der Waals surface area contributed by atoms with Crippen LogP contribution in [0, 0.1) is 17.6 Å². The van der Waals surface area contributed by atoms with Gasteiger partial charge >= 0.3 is 12.1 Å². The molecule has 0 unspecified atom stereocenters. The predicted molar refractivity (Wildman–Crippen MR) is 253 cm³/mol. The van der Waals surface area contributed by atoms with E-state index in [0.717, 1.165) is 25.7 Å². The largest absolute Gasteiger partial charge is 0.483 e. The third kappa shape index (κ3) is 9.50. The number of fused-ring (bicyclic) bond motifs is 1. The highest BCUT2D eigenvalue weighted by molar-refractivity contribution is 6.00. The number of imide groups is 1. The normalized spacial score (nSPS) is 18.8. The second-order valence-corrected chi connectivity index (χ2v) is 20.6. The molecule has 10 rings (SSSR count). The Morgan fingerprint density at radius 3 is 2.21 bits per heavy atom. The van der Waals surface area contributed by atoms with Crippen LogP contribution in [-0.2, 0) is 26.4 Å². The first kappa shape index (κ1) is 47.6. The number of hydrogen-bond acceptors (Lipinski definition) is 16. The highest BCUT2D eigenvalue weighted by Gasteiger charge is 2.41. The van der Waals surface area contributed by atoms with Gasteiger partial charge in [-0.05, 0) is 83.9 Å². The van der Waals surface area contributed by atoms with Crippen molar-refractivity contribution in [2.75, 3.05) is 76.1 Å². The summed E-state index contributed by atoms with van der Waals surface area (Å²) in [6.07, 6.45) is 7.18. The number of carbonyl (C=O) groups excluding carboxylic acids is 4. The molecule has 0 atom stereocenters. The Bertz CT molecular complexity index is 2840. The highest BCUT2D eigenvalue weighted by Crippen LogP contribution is 2.48. The number of carbonyl (C=O) groups is 4. The second-order valence-electron chi connectivity index (χ2n) is 20.6. The number of hydrogen-bond donors (Lipinski definition) is 2. The van der Waals surface area contributed by atoms with Gasteiger partial charge in [-0.25, -0.2) is 43.0 Å². The van der Waals surface area contributed by atoms with Crippen LogP contribution in [0.2, 0.25) is 0 Å². The zero-order valence-corrected chi connectivity index (χ0v) is 40.5. The molecular weight excluding hydrogens is 923 g/mol. The minimum absolute atomic E-state index is 0.00812. The van der Waals surface area contributed by atoms with Gasteiger partial charge in [-0.1, -0.05) is 5.16 Å². The van der Waals surface area contributed by atoms with Crippen molar-refractivity contribution in [1.82, 2.24) is 59.8 Å². The number of nitrogens with zero attached hydrogens (tertiary/aromatic N) is 12. The van der Waals surface area contributed by atoms with Gasteiger partial charge in [0.1, 0.15) is 47.0 Å². The number of aromatic nitrogens is 7. The van der Waals surface area contributed by atoms with E-state index < -0.39 is 29.3 Å². The van der Waals surface area contributed by atoms with E-state index in [0.29, 0.717) is 90.2 Å². The van der Waals surface area contributed by atoms with Gasteiger partial charge in [-0.3, -0.25) is 19.8 Å². The van der Waals surface area contributed by atoms with Crippen LogP contribution in [-0.4, -0.2) is 156 Å². The molecule has 5 aromatic rings. The van der Waals surface area contributed by atoms with Crippen molar-refractivity contribution in [2.45, 2.75) is 96.4 Å². The number of rotatable bonds is 12. The fourth-order valence-electron chi connectivity index (χ4n) is 10.2. The standard InChI is InChI=1S/C48H58F2N14O7/c1-47(2,3)64-44-37(42(51)54-26-55-44)38(57-64)39-36(41(71-58-39)28-6-7-28)43-52-20-30(21-53-43)70-31-23-62(24-31)46(68)69-25-35(66)59-11-8-29(9-12-59)48(4,5)63-16-14-60(15-17-63)40-32(49)18-27(19-33(40)50)22-61-13-10-34(65)56-45(61)67/h18-21,26,28-29,31H,6-17,22-25H2,1-5H3,(H2,51,54,55)(H,56,65,67). The molecule has 71 heavy (non-hydrogen) atoms. The van der Waals surface area contributed by atoms with E-state index in [1.807, 2.05) is 20.8 Å². The number of piperazine rings is 1. The molecular formula is C48H58F2N14O7. The molecule has 0 radical (unpaired) electrons. The summed E-state index contributed by atoms with van der Waals surface area (Å²) in [7, 11) is 0. The second kappa shape index (κ2) is 18.6. The smallest absolute Gasteiger partial charge is 0.410 e. The van der Waals surface area contributed by atoms with Crippen LogP contribution in [0.15, 0.2) is 35.4 Å². The third-order valence-corrected chi connectivity index (χ3v) is 14.5. The summed E-state index contributed by atoms with van der Waals surface area (Å²) < 4.78 is 50.1. The van der Waals surface area contributed by atoms with E-state index in [9.17, 15) is 19.2 Å². The number of nitrogens with one attached hydrogen (secondary N) is 1. The Morgan fingerprint density at radius 1 is 0.873 bits per heavy atom. The number of anilines is 2. The van der Waals surface area contributed by atoms with Gasteiger partial charge in [0.05, 0.1) is 42.0 Å². The maximum absolute atomic E-state index is 15.4. The van der Waals surface area contributed by atoms with Crippen LogP contribution in [0.4, 0.5) is 29.9 Å². The number of ether oxygens (including phenoxy) is 2. The van der Waals surface area contributed by atoms with E-state index in [1.165, 1.54) is 28.3 Å². The lowest BCUT2D eigenvalue weighted by Gasteiger charge is -2.50. The van der Waals surface area contributed by atoms with Gasteiger partial charge in [0.25, 0.3) is 5.91 Å². The molecule has 5 aliphatic rings. The lowest BCUT2D eigenvalue weighted by molar-refractivity contribution is -0.137. The van der Waals surface area contributed by atoms with Gasteiger partial charge in [0, 0.05) is 70.2 Å². The fraction of sp³-hybridized carbons (Fsp3) is 0.542. The number of likely N-dealkylation sites (tertiary alicyclic amines) is 2. The van der Waals surface area contributed by atoms with Crippen LogP contribution in [0.25, 0.3) is 33.8 Å². The Kier molecular flexibility index (Phi) is 12.5. The van der Waals surface area contributed by atoms with Crippen molar-refractivity contribution in [3.8, 4) is 28.5 Å². The van der Waals surface area contributed by atoms with E-state index in [-0.39, 0.29) is 86.0 Å². The molecule has 0 spiro atoms. The van der Waals surface area contributed by atoms with Crippen molar-refractivity contribution >= 4 is 46.5 Å². The Morgan fingerprint density at radius 2 is 1.56 bits per heavy atom. The van der Waals surface area contributed by atoms with Gasteiger partial charge in [0.15, 0.2) is 29.6 Å². The van der Waals surface area contributed by atoms with Crippen LogP contribution in [0.1, 0.15) is 84.0 Å². The molecule has 1 aromatic carbocycles. The van der Waals surface area contributed by atoms with E-state index >= 15 is 8.78 Å². The zero-order valence-electron chi connectivity index (χ0n) is 40.5. The monoisotopic (exact) mass is 980 g/mol. The molecule has 1 saturated carbocycles. The lowest BCUT2D eigenvalue weighted by Crippen LogP contribution is -2.59. The van der Waals surface area contributed by atoms with Crippen LogP contribution in [0.5, 0.6) is 5.75 Å². The number of piperidine rings is 1.